The van der Waals surface area contributed by atoms with Gasteiger partial charge in [-0.15, -0.1) is 11.8 Å². The van der Waals surface area contributed by atoms with Crippen LogP contribution in [0.5, 0.6) is 0 Å². The van der Waals surface area contributed by atoms with Crippen molar-refractivity contribution in [1.29, 1.82) is 0 Å². The monoisotopic (exact) mass is 433 g/mol. The summed E-state index contributed by atoms with van der Waals surface area (Å²) < 4.78 is 19.9. The van der Waals surface area contributed by atoms with E-state index in [9.17, 15) is 14.0 Å². The maximum Gasteiger partial charge on any atom is 0.319 e. The maximum absolute atomic E-state index is 14.1. The normalized spacial score (nSPS) is 12.1. The summed E-state index contributed by atoms with van der Waals surface area (Å²) in [6, 6.07) is 2.86. The molecule has 0 bridgehead atoms. The molecule has 25 heavy (non-hydrogen) atoms. The largest absolute Gasteiger partial charge is 0.465 e. The van der Waals surface area contributed by atoms with E-state index in [4.69, 9.17) is 4.74 Å². The summed E-state index contributed by atoms with van der Waals surface area (Å²) in [6.07, 6.45) is 1.77. The Morgan fingerprint density at radius 1 is 1.28 bits per heavy atom. The van der Waals surface area contributed by atoms with Crippen LogP contribution in [0.25, 0.3) is 0 Å². The smallest absolute Gasteiger partial charge is 0.319 e. The Labute approximate surface area is 161 Å². The van der Waals surface area contributed by atoms with Gasteiger partial charge in [0.2, 0.25) is 5.91 Å². The van der Waals surface area contributed by atoms with Gasteiger partial charge in [0.25, 0.3) is 0 Å². The third-order valence-corrected chi connectivity index (χ3v) is 5.81. The van der Waals surface area contributed by atoms with Crippen LogP contribution in [-0.2, 0) is 14.3 Å². The first-order valence-corrected chi connectivity index (χ1v) is 10.1. The molecule has 4 nitrogen and oxygen atoms in total. The molecule has 1 N–H and O–H groups in total. The number of benzene rings is 1. The fourth-order valence-corrected chi connectivity index (χ4v) is 3.70. The first kappa shape index (κ1) is 22.0. The van der Waals surface area contributed by atoms with Crippen molar-refractivity contribution >= 4 is 45.3 Å². The van der Waals surface area contributed by atoms with Crippen LogP contribution in [0, 0.1) is 11.7 Å². The van der Waals surface area contributed by atoms with E-state index in [0.29, 0.717) is 28.8 Å². The highest BCUT2D eigenvalue weighted by Gasteiger charge is 2.26. The Balaban J connectivity index is 3.01. The Morgan fingerprint density at radius 2 is 1.96 bits per heavy atom. The molecule has 1 rings (SSSR count). The van der Waals surface area contributed by atoms with E-state index in [0.717, 1.165) is 6.42 Å². The Kier molecular flexibility index (Phi) is 9.50. The molecule has 0 aromatic heterocycles. The van der Waals surface area contributed by atoms with E-state index in [1.54, 1.807) is 6.07 Å². The average molecular weight is 434 g/mol. The summed E-state index contributed by atoms with van der Waals surface area (Å²) >= 11 is 4.64. The number of anilines is 1. The van der Waals surface area contributed by atoms with Crippen LogP contribution in [0.1, 0.15) is 47.0 Å². The van der Waals surface area contributed by atoms with Crippen molar-refractivity contribution in [3.8, 4) is 0 Å². The fourth-order valence-electron chi connectivity index (χ4n) is 2.03. The zero-order chi connectivity index (χ0) is 19.0. The zero-order valence-electron chi connectivity index (χ0n) is 15.0. The lowest BCUT2D eigenvalue weighted by molar-refractivity contribution is -0.143. The van der Waals surface area contributed by atoms with Gasteiger partial charge < -0.3 is 10.1 Å². The highest BCUT2D eigenvalue weighted by atomic mass is 79.9. The molecule has 0 radical (unpaired) electrons. The molecule has 1 amide bonds. The van der Waals surface area contributed by atoms with Crippen molar-refractivity contribution in [2.45, 2.75) is 57.1 Å². The molecule has 1 aromatic rings. The van der Waals surface area contributed by atoms with E-state index >= 15 is 0 Å². The van der Waals surface area contributed by atoms with E-state index in [1.165, 1.54) is 17.8 Å². The van der Waals surface area contributed by atoms with Gasteiger partial charge in [0.1, 0.15) is 11.1 Å². The standard InChI is InChI=1S/C18H25BrFNO3S/c1-5-7-16(22)21-14-10-15(12(19)9-13(14)20)25-17(11(3)4)18(23)24-8-6-2/h9-11,17H,5-8H2,1-4H3,(H,21,22). The van der Waals surface area contributed by atoms with Gasteiger partial charge in [0.15, 0.2) is 0 Å². The first-order chi connectivity index (χ1) is 11.8. The van der Waals surface area contributed by atoms with Crippen LogP contribution in [0.4, 0.5) is 10.1 Å². The number of hydrogen-bond acceptors (Lipinski definition) is 4. The second-order valence-corrected chi connectivity index (χ2v) is 8.05. The van der Waals surface area contributed by atoms with E-state index < -0.39 is 11.1 Å². The van der Waals surface area contributed by atoms with Crippen molar-refractivity contribution < 1.29 is 18.7 Å². The lowest BCUT2D eigenvalue weighted by atomic mass is 10.1. The molecule has 0 fully saturated rings. The van der Waals surface area contributed by atoms with Crippen LogP contribution in [-0.4, -0.2) is 23.7 Å². The number of carbonyl (C=O) groups excluding carboxylic acids is 2. The molecule has 0 aliphatic heterocycles. The predicted octanol–water partition coefficient (Wildman–Crippen LogP) is 5.40. The molecular weight excluding hydrogens is 409 g/mol. The molecule has 0 spiro atoms. The van der Waals surface area contributed by atoms with E-state index in [2.05, 4.69) is 21.2 Å². The van der Waals surface area contributed by atoms with Gasteiger partial charge in [-0.05, 0) is 46.8 Å². The predicted molar refractivity (Wildman–Crippen MR) is 103 cm³/mol. The first-order valence-electron chi connectivity index (χ1n) is 8.42. The van der Waals surface area contributed by atoms with Gasteiger partial charge in [-0.1, -0.05) is 27.7 Å². The molecule has 7 heteroatoms. The van der Waals surface area contributed by atoms with Crippen LogP contribution in [0.2, 0.25) is 0 Å². The minimum atomic E-state index is -0.518. The SMILES string of the molecule is CCCOC(=O)C(Sc1cc(NC(=O)CCC)c(F)cc1Br)C(C)C. The van der Waals surface area contributed by atoms with Crippen molar-refractivity contribution in [3.05, 3.63) is 22.4 Å². The lowest BCUT2D eigenvalue weighted by Gasteiger charge is -2.20. The van der Waals surface area contributed by atoms with Gasteiger partial charge in [-0.25, -0.2) is 4.39 Å². The van der Waals surface area contributed by atoms with Gasteiger partial charge in [0.05, 0.1) is 12.3 Å². The number of nitrogens with one attached hydrogen (secondary N) is 1. The number of hydrogen-bond donors (Lipinski definition) is 1. The van der Waals surface area contributed by atoms with Gasteiger partial charge in [-0.3, -0.25) is 9.59 Å². The van der Waals surface area contributed by atoms with Crippen molar-refractivity contribution in [3.63, 3.8) is 0 Å². The summed E-state index contributed by atoms with van der Waals surface area (Å²) in [6.45, 7) is 8.07. The van der Waals surface area contributed by atoms with Gasteiger partial charge >= 0.3 is 5.97 Å². The molecule has 1 unspecified atom stereocenters. The summed E-state index contributed by atoms with van der Waals surface area (Å²) in [5.41, 5.74) is 0.119. The molecular formula is C18H25BrFNO3S. The molecule has 0 heterocycles. The van der Waals surface area contributed by atoms with Gasteiger partial charge in [0, 0.05) is 15.8 Å². The van der Waals surface area contributed by atoms with Crippen LogP contribution >= 0.6 is 27.7 Å². The van der Waals surface area contributed by atoms with Crippen LogP contribution < -0.4 is 5.32 Å². The second kappa shape index (κ2) is 10.8. The minimum absolute atomic E-state index is 0.0458. The quantitative estimate of drug-likeness (QED) is 0.418. The van der Waals surface area contributed by atoms with E-state index in [1.807, 2.05) is 27.7 Å². The third-order valence-electron chi connectivity index (χ3n) is 3.31. The lowest BCUT2D eigenvalue weighted by Crippen LogP contribution is -2.26. The number of esters is 1. The summed E-state index contributed by atoms with van der Waals surface area (Å²) in [5, 5.41) is 2.17. The number of rotatable bonds is 9. The van der Waals surface area contributed by atoms with E-state index in [-0.39, 0.29) is 23.5 Å². The molecule has 140 valence electrons. The molecule has 0 aliphatic carbocycles. The number of ether oxygens (including phenoxy) is 1. The minimum Gasteiger partial charge on any atom is -0.465 e. The number of thioether (sulfide) groups is 1. The summed E-state index contributed by atoms with van der Waals surface area (Å²) in [7, 11) is 0. The Morgan fingerprint density at radius 3 is 2.52 bits per heavy atom. The topological polar surface area (TPSA) is 55.4 Å². The average Bonchev–Trinajstić information content (AvgIpc) is 2.53. The third kappa shape index (κ3) is 6.98. The molecule has 1 aromatic carbocycles. The van der Waals surface area contributed by atoms with Crippen LogP contribution in [0.15, 0.2) is 21.5 Å². The van der Waals surface area contributed by atoms with Crippen molar-refractivity contribution in [2.24, 2.45) is 5.92 Å². The molecule has 0 aliphatic rings. The Bertz CT molecular complexity index is 610. The van der Waals surface area contributed by atoms with Crippen molar-refractivity contribution in [2.75, 3.05) is 11.9 Å². The highest BCUT2D eigenvalue weighted by molar-refractivity contribution is 9.10. The van der Waals surface area contributed by atoms with Gasteiger partial charge in [-0.2, -0.15) is 0 Å². The zero-order valence-corrected chi connectivity index (χ0v) is 17.4. The number of halogens is 2. The fraction of sp³-hybridized carbons (Fsp3) is 0.556. The Hall–Kier alpha value is -1.08. The highest BCUT2D eigenvalue weighted by Crippen LogP contribution is 2.37. The molecule has 1 atom stereocenters. The summed E-state index contributed by atoms with van der Waals surface area (Å²) in [5.74, 6) is -0.989. The second-order valence-electron chi connectivity index (χ2n) is 6.01. The number of carbonyl (C=O) groups is 2. The van der Waals surface area contributed by atoms with Crippen LogP contribution in [0.3, 0.4) is 0 Å². The number of amides is 1. The summed E-state index contributed by atoms with van der Waals surface area (Å²) in [4.78, 5) is 24.7. The molecule has 0 saturated heterocycles. The van der Waals surface area contributed by atoms with Crippen molar-refractivity contribution in [1.82, 2.24) is 0 Å². The molecule has 0 saturated carbocycles. The maximum atomic E-state index is 14.1.